The summed E-state index contributed by atoms with van der Waals surface area (Å²) in [6, 6.07) is 5.20. The first kappa shape index (κ1) is 12.6. The van der Waals surface area contributed by atoms with Crippen molar-refractivity contribution in [1.29, 1.82) is 0 Å². The molecule has 0 atom stereocenters. The number of pyridine rings is 1. The lowest BCUT2D eigenvalue weighted by Crippen LogP contribution is -2.26. The van der Waals surface area contributed by atoms with Crippen LogP contribution < -0.4 is 5.32 Å². The summed E-state index contributed by atoms with van der Waals surface area (Å²) in [4.78, 5) is 15.4. The van der Waals surface area contributed by atoms with Gasteiger partial charge in [-0.3, -0.25) is 9.78 Å². The molecule has 1 rings (SSSR count). The van der Waals surface area contributed by atoms with Gasteiger partial charge in [0, 0.05) is 19.3 Å². The van der Waals surface area contributed by atoms with Gasteiger partial charge in [-0.25, -0.2) is 0 Å². The zero-order valence-electron chi connectivity index (χ0n) is 9.06. The van der Waals surface area contributed by atoms with Crippen molar-refractivity contribution in [3.05, 3.63) is 30.1 Å². The van der Waals surface area contributed by atoms with Gasteiger partial charge in [-0.05, 0) is 18.6 Å². The standard InChI is InChI=1S/C11H16N2O3/c14-7-9-16-8-3-6-13-11(15)10-4-1-2-5-12-10/h1-2,4-5,14H,3,6-9H2,(H,13,15). The zero-order valence-corrected chi connectivity index (χ0v) is 9.06. The number of aromatic nitrogens is 1. The van der Waals surface area contributed by atoms with Crippen LogP contribution in [0.25, 0.3) is 0 Å². The molecule has 1 aromatic heterocycles. The summed E-state index contributed by atoms with van der Waals surface area (Å²) in [6.45, 7) is 1.44. The largest absolute Gasteiger partial charge is 0.394 e. The minimum Gasteiger partial charge on any atom is -0.394 e. The number of ether oxygens (including phenoxy) is 1. The lowest BCUT2D eigenvalue weighted by atomic mass is 10.3. The first-order valence-corrected chi connectivity index (χ1v) is 5.22. The van der Waals surface area contributed by atoms with Crippen LogP contribution in [0.15, 0.2) is 24.4 Å². The van der Waals surface area contributed by atoms with Crippen LogP contribution in [0.3, 0.4) is 0 Å². The van der Waals surface area contributed by atoms with E-state index in [2.05, 4.69) is 10.3 Å². The summed E-state index contributed by atoms with van der Waals surface area (Å²) in [7, 11) is 0. The molecule has 0 aliphatic carbocycles. The Kier molecular flexibility index (Phi) is 6.13. The minimum atomic E-state index is -0.178. The third-order valence-electron chi connectivity index (χ3n) is 1.88. The molecule has 0 aromatic carbocycles. The van der Waals surface area contributed by atoms with E-state index >= 15 is 0 Å². The second-order valence-corrected chi connectivity index (χ2v) is 3.16. The molecule has 1 aromatic rings. The van der Waals surface area contributed by atoms with Crippen molar-refractivity contribution in [3.8, 4) is 0 Å². The summed E-state index contributed by atoms with van der Waals surface area (Å²) < 4.78 is 5.05. The average molecular weight is 224 g/mol. The Balaban J connectivity index is 2.12. The number of nitrogens with zero attached hydrogens (tertiary/aromatic N) is 1. The fourth-order valence-corrected chi connectivity index (χ4v) is 1.13. The van der Waals surface area contributed by atoms with Crippen molar-refractivity contribution in [3.63, 3.8) is 0 Å². The molecule has 1 amide bonds. The van der Waals surface area contributed by atoms with Gasteiger partial charge in [0.2, 0.25) is 0 Å². The molecule has 0 aliphatic heterocycles. The molecular formula is C11H16N2O3. The molecule has 0 radical (unpaired) electrons. The van der Waals surface area contributed by atoms with Gasteiger partial charge in [0.1, 0.15) is 5.69 Å². The van der Waals surface area contributed by atoms with E-state index < -0.39 is 0 Å². The van der Waals surface area contributed by atoms with E-state index in [0.29, 0.717) is 25.5 Å². The van der Waals surface area contributed by atoms with Crippen LogP contribution in [0.2, 0.25) is 0 Å². The summed E-state index contributed by atoms with van der Waals surface area (Å²) >= 11 is 0. The summed E-state index contributed by atoms with van der Waals surface area (Å²) in [5.41, 5.74) is 0.416. The highest BCUT2D eigenvalue weighted by molar-refractivity contribution is 5.92. The number of aliphatic hydroxyl groups is 1. The lowest BCUT2D eigenvalue weighted by Gasteiger charge is -2.04. The second-order valence-electron chi connectivity index (χ2n) is 3.16. The predicted octanol–water partition coefficient (Wildman–Crippen LogP) is 0.210. The normalized spacial score (nSPS) is 10.1. The van der Waals surface area contributed by atoms with Crippen LogP contribution in [-0.4, -0.2) is 42.4 Å². The molecular weight excluding hydrogens is 208 g/mol. The van der Waals surface area contributed by atoms with Gasteiger partial charge < -0.3 is 15.2 Å². The Morgan fingerprint density at radius 2 is 2.31 bits per heavy atom. The third-order valence-corrected chi connectivity index (χ3v) is 1.88. The van der Waals surface area contributed by atoms with Gasteiger partial charge in [0.05, 0.1) is 13.2 Å². The van der Waals surface area contributed by atoms with E-state index in [9.17, 15) is 4.79 Å². The zero-order chi connectivity index (χ0) is 11.6. The molecule has 0 spiro atoms. The number of hydrogen-bond acceptors (Lipinski definition) is 4. The highest BCUT2D eigenvalue weighted by atomic mass is 16.5. The van der Waals surface area contributed by atoms with Crippen molar-refractivity contribution < 1.29 is 14.6 Å². The lowest BCUT2D eigenvalue weighted by molar-refractivity contribution is 0.0865. The maximum Gasteiger partial charge on any atom is 0.269 e. The number of aliphatic hydroxyl groups excluding tert-OH is 1. The first-order chi connectivity index (χ1) is 7.84. The molecule has 5 heteroatoms. The van der Waals surface area contributed by atoms with Gasteiger partial charge in [-0.15, -0.1) is 0 Å². The molecule has 1 heterocycles. The maximum atomic E-state index is 11.5. The highest BCUT2D eigenvalue weighted by Crippen LogP contribution is 1.92. The summed E-state index contributed by atoms with van der Waals surface area (Å²) in [5, 5.41) is 11.2. The molecule has 5 nitrogen and oxygen atoms in total. The van der Waals surface area contributed by atoms with E-state index in [1.807, 2.05) is 0 Å². The van der Waals surface area contributed by atoms with Crippen molar-refractivity contribution in [2.45, 2.75) is 6.42 Å². The number of carbonyl (C=O) groups excluding carboxylic acids is 1. The molecule has 0 fully saturated rings. The molecule has 0 aliphatic rings. The Morgan fingerprint density at radius 3 is 3.00 bits per heavy atom. The molecule has 16 heavy (non-hydrogen) atoms. The van der Waals surface area contributed by atoms with E-state index in [1.54, 1.807) is 24.4 Å². The number of amides is 1. The summed E-state index contributed by atoms with van der Waals surface area (Å²) in [6.07, 6.45) is 2.30. The smallest absolute Gasteiger partial charge is 0.269 e. The molecule has 2 N–H and O–H groups in total. The average Bonchev–Trinajstić information content (AvgIpc) is 2.34. The van der Waals surface area contributed by atoms with Crippen LogP contribution in [0.5, 0.6) is 0 Å². The Hall–Kier alpha value is -1.46. The Bertz CT molecular complexity index is 303. The van der Waals surface area contributed by atoms with Gasteiger partial charge in [-0.1, -0.05) is 6.07 Å². The predicted molar refractivity (Wildman–Crippen MR) is 59.1 cm³/mol. The SMILES string of the molecule is O=C(NCCCOCCO)c1ccccn1. The van der Waals surface area contributed by atoms with Crippen molar-refractivity contribution in [2.24, 2.45) is 0 Å². The highest BCUT2D eigenvalue weighted by Gasteiger charge is 2.03. The van der Waals surface area contributed by atoms with Crippen LogP contribution in [-0.2, 0) is 4.74 Å². The monoisotopic (exact) mass is 224 g/mol. The fraction of sp³-hybridized carbons (Fsp3) is 0.455. The van der Waals surface area contributed by atoms with E-state index in [-0.39, 0.29) is 12.5 Å². The van der Waals surface area contributed by atoms with E-state index in [4.69, 9.17) is 9.84 Å². The molecule has 0 saturated carbocycles. The fourth-order valence-electron chi connectivity index (χ4n) is 1.13. The topological polar surface area (TPSA) is 71.5 Å². The number of nitrogens with one attached hydrogen (secondary N) is 1. The molecule has 0 bridgehead atoms. The maximum absolute atomic E-state index is 11.5. The number of rotatable bonds is 7. The van der Waals surface area contributed by atoms with E-state index in [0.717, 1.165) is 6.42 Å². The van der Waals surface area contributed by atoms with Gasteiger partial charge >= 0.3 is 0 Å². The summed E-state index contributed by atoms with van der Waals surface area (Å²) in [5.74, 6) is -0.178. The molecule has 0 saturated heterocycles. The van der Waals surface area contributed by atoms with Crippen molar-refractivity contribution in [2.75, 3.05) is 26.4 Å². The van der Waals surface area contributed by atoms with Crippen LogP contribution in [0.1, 0.15) is 16.9 Å². The first-order valence-electron chi connectivity index (χ1n) is 5.22. The van der Waals surface area contributed by atoms with Crippen LogP contribution >= 0.6 is 0 Å². The van der Waals surface area contributed by atoms with Crippen LogP contribution in [0, 0.1) is 0 Å². The molecule has 0 unspecified atom stereocenters. The Labute approximate surface area is 94.5 Å². The second kappa shape index (κ2) is 7.78. The number of hydrogen-bond donors (Lipinski definition) is 2. The van der Waals surface area contributed by atoms with E-state index in [1.165, 1.54) is 0 Å². The third kappa shape index (κ3) is 4.86. The Morgan fingerprint density at radius 1 is 1.44 bits per heavy atom. The van der Waals surface area contributed by atoms with Crippen molar-refractivity contribution >= 4 is 5.91 Å². The van der Waals surface area contributed by atoms with Gasteiger partial charge in [0.15, 0.2) is 0 Å². The van der Waals surface area contributed by atoms with Gasteiger partial charge in [0.25, 0.3) is 5.91 Å². The molecule has 88 valence electrons. The quantitative estimate of drug-likeness (QED) is 0.649. The van der Waals surface area contributed by atoms with Crippen LogP contribution in [0.4, 0.5) is 0 Å². The number of carbonyl (C=O) groups is 1. The van der Waals surface area contributed by atoms with Crippen molar-refractivity contribution in [1.82, 2.24) is 10.3 Å². The minimum absolute atomic E-state index is 0.0281. The van der Waals surface area contributed by atoms with Gasteiger partial charge in [-0.2, -0.15) is 0 Å².